The highest BCUT2D eigenvalue weighted by Crippen LogP contribution is 2.23. The lowest BCUT2D eigenvalue weighted by atomic mass is 9.85. The average Bonchev–Trinajstić information content (AvgIpc) is 1.78. The number of esters is 7. The van der Waals surface area contributed by atoms with Crippen LogP contribution in [0.3, 0.4) is 0 Å². The van der Waals surface area contributed by atoms with Gasteiger partial charge in [0.05, 0.1) is 78.5 Å². The molecule has 0 saturated carbocycles. The van der Waals surface area contributed by atoms with Crippen molar-refractivity contribution < 1.29 is 156 Å². The van der Waals surface area contributed by atoms with Gasteiger partial charge in [-0.2, -0.15) is 12.6 Å². The van der Waals surface area contributed by atoms with E-state index in [2.05, 4.69) is 57.0 Å². The van der Waals surface area contributed by atoms with Crippen molar-refractivity contribution in [3.05, 3.63) is 0 Å². The third-order valence-corrected chi connectivity index (χ3v) is 11.8. The van der Waals surface area contributed by atoms with Gasteiger partial charge in [0.15, 0.2) is 0 Å². The zero-order chi connectivity index (χ0) is 71.8. The largest absolute Gasteiger partial charge is 0.481 e. The molecule has 0 fully saturated rings. The van der Waals surface area contributed by atoms with Crippen molar-refractivity contribution in [2.45, 2.75) is 174 Å². The van der Waals surface area contributed by atoms with Crippen molar-refractivity contribution in [2.75, 3.05) is 48.8 Å². The number of hydrogen-bond acceptors (Lipinski definition) is 26. The zero-order valence-electron chi connectivity index (χ0n) is 52.8. The van der Waals surface area contributed by atoms with Gasteiger partial charge in [0.1, 0.15) is 34.5 Å². The number of carboxylic acids is 7. The Morgan fingerprint density at radius 1 is 0.433 bits per heavy atom. The number of alkyl halides is 1. The van der Waals surface area contributed by atoms with Crippen LogP contribution in [0.5, 0.6) is 0 Å². The van der Waals surface area contributed by atoms with Gasteiger partial charge < -0.3 is 78.8 Å². The van der Waals surface area contributed by atoms with Crippen molar-refractivity contribution >= 4 is 129 Å². The van der Waals surface area contributed by atoms with Crippen LogP contribution in [0, 0.1) is 29.6 Å². The fourth-order valence-electron chi connectivity index (χ4n) is 6.35. The Hall–Kier alpha value is -7.62. The van der Waals surface area contributed by atoms with Crippen LogP contribution in [-0.4, -0.2) is 207 Å². The van der Waals surface area contributed by atoms with Gasteiger partial charge in [0.2, 0.25) is 0 Å². The predicted octanol–water partition coefficient (Wildman–Crippen LogP) is 4.43. The Morgan fingerprint density at radius 2 is 0.811 bits per heavy atom. The molecular formula is C56H91BrO32S. The number of carbonyl (C=O) groups excluding carboxylic acids is 10. The quantitative estimate of drug-likeness (QED) is 0.0136. The number of ketones is 3. The molecule has 0 bridgehead atoms. The standard InChI is InChI=1S/C13H20O7.C8H14O5.C8H12O5.C8H14O4S.C7H11BrO4.C6H10O4.C6H10O3/c1-5-20-13(17)11(8(2)14)9(12(16)19-4)6-7-10(15)18-3;2*1-5(9)4-6(8(12)13)2-3-7(10)11;1-5(13)4-6(8(11)12)2-3-7(9)10;1-11-6(9)4-3-5(8)7(10)12-2;1-10-6(9)4-2-3-5(7)8;1-3-9-6(8)4-5(2)7/h9,11H,5-7H2,1-4H3;5-6,9H,2-4H2,1H3,(H,10,11)(H,12,13);6H,2-4H2,1H3,(H,10,11)(H,12,13);5-6,13H,2-4H2,1H3,(H,9,10)(H,11,12);5H,3-4H2,1-2H3;2-4H2,1H3,(H,7,8);3-4H2,1-2H3. The van der Waals surface area contributed by atoms with E-state index in [1.165, 1.54) is 56.1 Å². The first-order valence-electron chi connectivity index (χ1n) is 27.4. The first-order chi connectivity index (χ1) is 41.6. The molecule has 0 aromatic heterocycles. The molecule has 0 rings (SSSR count). The number of aliphatic carboxylic acids is 7. The summed E-state index contributed by atoms with van der Waals surface area (Å²) in [4.78, 5) is 181. The maximum absolute atomic E-state index is 11.8. The number of thiol groups is 1. The molecule has 32 nitrogen and oxygen atoms in total. The fraction of sp³-hybridized carbons (Fsp3) is 0.696. The molecule has 0 amide bonds. The van der Waals surface area contributed by atoms with Gasteiger partial charge >= 0.3 is 83.6 Å². The van der Waals surface area contributed by atoms with E-state index in [9.17, 15) is 81.5 Å². The van der Waals surface area contributed by atoms with E-state index in [0.717, 1.165) is 7.11 Å². The van der Waals surface area contributed by atoms with Gasteiger partial charge in [-0.1, -0.05) is 22.9 Å². The van der Waals surface area contributed by atoms with Gasteiger partial charge in [0, 0.05) is 51.4 Å². The van der Waals surface area contributed by atoms with Gasteiger partial charge in [0.25, 0.3) is 0 Å². The molecular weight excluding hydrogens is 1300 g/mol. The van der Waals surface area contributed by atoms with Crippen LogP contribution >= 0.6 is 28.6 Å². The Morgan fingerprint density at radius 3 is 1.12 bits per heavy atom. The number of aliphatic hydroxyl groups excluding tert-OH is 1. The lowest BCUT2D eigenvalue weighted by Crippen LogP contribution is -2.37. The van der Waals surface area contributed by atoms with Crippen molar-refractivity contribution in [1.82, 2.24) is 0 Å². The Balaban J connectivity index is -0.000000181. The summed E-state index contributed by atoms with van der Waals surface area (Å²) in [6.45, 7) is 10.8. The predicted molar refractivity (Wildman–Crippen MR) is 318 cm³/mol. The Bertz CT molecular complexity index is 2190. The highest BCUT2D eigenvalue weighted by atomic mass is 79.9. The lowest BCUT2D eigenvalue weighted by molar-refractivity contribution is -0.162. The number of methoxy groups -OCH3 is 5. The lowest BCUT2D eigenvalue weighted by Gasteiger charge is -2.21. The molecule has 0 aromatic rings. The molecule has 0 aliphatic rings. The van der Waals surface area contributed by atoms with Crippen LogP contribution in [0.25, 0.3) is 0 Å². The maximum atomic E-state index is 11.8. The summed E-state index contributed by atoms with van der Waals surface area (Å²) in [6.07, 6.45) is 0.378. The summed E-state index contributed by atoms with van der Waals surface area (Å²) in [5.74, 6) is -16.1. The molecule has 8 N–H and O–H groups in total. The van der Waals surface area contributed by atoms with E-state index < -0.39 is 112 Å². The first kappa shape index (κ1) is 96.0. The van der Waals surface area contributed by atoms with Crippen molar-refractivity contribution in [3.8, 4) is 0 Å². The first-order valence-corrected chi connectivity index (χ1v) is 28.8. The molecule has 0 spiro atoms. The van der Waals surface area contributed by atoms with E-state index >= 15 is 0 Å². The van der Waals surface area contributed by atoms with Crippen LogP contribution in [0.2, 0.25) is 0 Å². The van der Waals surface area contributed by atoms with Crippen LogP contribution in [0.15, 0.2) is 0 Å². The van der Waals surface area contributed by atoms with Crippen LogP contribution in [0.1, 0.15) is 158 Å². The van der Waals surface area contributed by atoms with E-state index in [4.69, 9.17) is 45.6 Å². The van der Waals surface area contributed by atoms with E-state index in [0.29, 0.717) is 25.9 Å². The van der Waals surface area contributed by atoms with Gasteiger partial charge in [-0.05, 0) is 98.2 Å². The smallest absolute Gasteiger partial charge is 0.319 e. The SMILES string of the molecule is CC(=O)CC(CCC(=O)O)C(=O)O.CC(O)CC(CCC(=O)O)C(=O)O.CC(S)CC(CCC(=O)O)C(=O)O.CCOC(=O)C(C(C)=O)C(CCC(=O)OC)C(=O)OC.CCOC(=O)CC(C)=O.COC(=O)CCC(Br)C(=O)OC.COC(=O)CCCC(=O)O. The third-order valence-electron chi connectivity index (χ3n) is 10.7. The van der Waals surface area contributed by atoms with Gasteiger partial charge in [-0.25, -0.2) is 0 Å². The normalized spacial score (nSPS) is 12.4. The number of Topliss-reactive ketones (excluding diaryl/α,β-unsaturated/α-hetero) is 3. The number of aliphatic hydroxyl groups is 1. The number of carbonyl (C=O) groups is 17. The molecule has 34 heteroatoms. The van der Waals surface area contributed by atoms with Gasteiger partial charge in [-0.3, -0.25) is 76.7 Å². The summed E-state index contributed by atoms with van der Waals surface area (Å²) >= 11 is 7.14. The van der Waals surface area contributed by atoms with Gasteiger partial charge in [-0.15, -0.1) is 0 Å². The molecule has 0 heterocycles. The van der Waals surface area contributed by atoms with Crippen LogP contribution in [0.4, 0.5) is 0 Å². The highest BCUT2D eigenvalue weighted by molar-refractivity contribution is 9.10. The number of carboxylic acid groups (broad SMARTS) is 7. The second-order valence-corrected chi connectivity index (χ2v) is 20.7. The van der Waals surface area contributed by atoms with Crippen molar-refractivity contribution in [3.63, 3.8) is 0 Å². The zero-order valence-corrected chi connectivity index (χ0v) is 55.2. The molecule has 0 aliphatic heterocycles. The second-order valence-electron chi connectivity index (χ2n) is 18.7. The number of halogens is 1. The minimum absolute atomic E-state index is 0.00421. The summed E-state index contributed by atoms with van der Waals surface area (Å²) in [5.41, 5.74) is 0. The number of ether oxygens (including phenoxy) is 7. The van der Waals surface area contributed by atoms with E-state index in [1.807, 2.05) is 0 Å². The second kappa shape index (κ2) is 60.3. The molecule has 0 radical (unpaired) electrons. The fourth-order valence-corrected chi connectivity index (χ4v) is 7.02. The summed E-state index contributed by atoms with van der Waals surface area (Å²) in [6, 6.07) is 0. The topological polar surface area (TPSA) is 517 Å². The number of hydrogen-bond donors (Lipinski definition) is 9. The molecule has 0 aromatic carbocycles. The molecule has 0 saturated heterocycles. The van der Waals surface area contributed by atoms with Crippen LogP contribution < -0.4 is 0 Å². The highest BCUT2D eigenvalue weighted by Gasteiger charge is 2.39. The average molecular weight is 1390 g/mol. The minimum Gasteiger partial charge on any atom is -0.481 e. The number of rotatable bonds is 37. The summed E-state index contributed by atoms with van der Waals surface area (Å²) in [7, 11) is 6.25. The minimum atomic E-state index is -1.27. The molecule has 520 valence electrons. The van der Waals surface area contributed by atoms with E-state index in [-0.39, 0.29) is 131 Å². The Labute approximate surface area is 535 Å². The maximum Gasteiger partial charge on any atom is 0.319 e. The molecule has 8 atom stereocenters. The third kappa shape index (κ3) is 66.3. The van der Waals surface area contributed by atoms with Crippen LogP contribution in [-0.2, 0) is 115 Å². The molecule has 8 unspecified atom stereocenters. The molecule has 0 aliphatic carbocycles. The molecule has 90 heavy (non-hydrogen) atoms. The Kier molecular flexibility index (Phi) is 64.3. The summed E-state index contributed by atoms with van der Waals surface area (Å²) < 4.78 is 31.5. The van der Waals surface area contributed by atoms with Crippen molar-refractivity contribution in [1.29, 1.82) is 0 Å². The van der Waals surface area contributed by atoms with E-state index in [1.54, 1.807) is 20.8 Å². The van der Waals surface area contributed by atoms with Crippen molar-refractivity contribution in [2.24, 2.45) is 29.6 Å². The monoisotopic (exact) mass is 1390 g/mol. The summed E-state index contributed by atoms with van der Waals surface area (Å²) in [5, 5.41) is 68.0.